The summed E-state index contributed by atoms with van der Waals surface area (Å²) >= 11 is 7.35. The van der Waals surface area contributed by atoms with Gasteiger partial charge in [0.2, 0.25) is 0 Å². The van der Waals surface area contributed by atoms with Gasteiger partial charge in [0.05, 0.1) is 18.8 Å². The number of thiazole rings is 1. The van der Waals surface area contributed by atoms with Crippen molar-refractivity contribution in [2.75, 3.05) is 25.8 Å². The fourth-order valence-corrected chi connectivity index (χ4v) is 4.11. The summed E-state index contributed by atoms with van der Waals surface area (Å²) in [5.41, 5.74) is 1.78. The molecule has 0 saturated heterocycles. The second-order valence-corrected chi connectivity index (χ2v) is 7.64. The average molecular weight is 416 g/mol. The molecule has 1 aromatic heterocycles. The first-order valence-electron chi connectivity index (χ1n) is 8.57. The maximum absolute atomic E-state index is 12.9. The van der Waals surface area contributed by atoms with Crippen molar-refractivity contribution in [1.29, 1.82) is 0 Å². The Labute approximate surface area is 170 Å². The number of methoxy groups -OCH3 is 2. The van der Waals surface area contributed by atoms with Crippen LogP contribution >= 0.6 is 22.9 Å². The highest BCUT2D eigenvalue weighted by atomic mass is 35.5. The summed E-state index contributed by atoms with van der Waals surface area (Å²) in [6.07, 6.45) is 1.85. The Morgan fingerprint density at radius 1 is 1.11 bits per heavy atom. The Kier molecular flexibility index (Phi) is 5.11. The van der Waals surface area contributed by atoms with Crippen LogP contribution in [0.15, 0.2) is 52.3 Å². The van der Waals surface area contributed by atoms with Crippen molar-refractivity contribution in [1.82, 2.24) is 4.57 Å². The molecule has 0 spiro atoms. The molecule has 0 atom stereocenters. The molecule has 0 unspecified atom stereocenters. The van der Waals surface area contributed by atoms with Crippen molar-refractivity contribution in [3.8, 4) is 11.5 Å². The molecule has 0 amide bonds. The van der Waals surface area contributed by atoms with E-state index in [1.54, 1.807) is 18.8 Å². The first-order chi connectivity index (χ1) is 13.6. The van der Waals surface area contributed by atoms with Gasteiger partial charge in [-0.2, -0.15) is 0 Å². The van der Waals surface area contributed by atoms with Crippen LogP contribution in [0, 0.1) is 0 Å². The van der Waals surface area contributed by atoms with E-state index in [0.29, 0.717) is 34.4 Å². The van der Waals surface area contributed by atoms with E-state index in [-0.39, 0.29) is 5.56 Å². The van der Waals surface area contributed by atoms with Crippen LogP contribution in [-0.2, 0) is 6.67 Å². The van der Waals surface area contributed by atoms with Gasteiger partial charge in [-0.1, -0.05) is 29.0 Å². The number of hydrogen-bond acceptors (Lipinski definition) is 6. The zero-order chi connectivity index (χ0) is 19.7. The number of benzene rings is 2. The molecule has 2 aromatic carbocycles. The third kappa shape index (κ3) is 3.50. The normalized spacial score (nSPS) is 13.8. The second-order valence-electron chi connectivity index (χ2n) is 6.20. The summed E-state index contributed by atoms with van der Waals surface area (Å²) in [5.74, 6) is 1.27. The van der Waals surface area contributed by atoms with Crippen molar-refractivity contribution in [2.24, 2.45) is 4.99 Å². The van der Waals surface area contributed by atoms with E-state index in [2.05, 4.69) is 4.99 Å². The van der Waals surface area contributed by atoms with Gasteiger partial charge in [-0.3, -0.25) is 9.36 Å². The lowest BCUT2D eigenvalue weighted by molar-refractivity contribution is 0.355. The molecule has 0 radical (unpaired) electrons. The minimum atomic E-state index is -0.0581. The van der Waals surface area contributed by atoms with E-state index in [4.69, 9.17) is 21.1 Å². The maximum Gasteiger partial charge on any atom is 0.271 e. The van der Waals surface area contributed by atoms with Gasteiger partial charge >= 0.3 is 0 Å². The van der Waals surface area contributed by atoms with E-state index in [1.165, 1.54) is 11.3 Å². The van der Waals surface area contributed by atoms with Gasteiger partial charge in [0.15, 0.2) is 16.3 Å². The minimum absolute atomic E-state index is 0.0581. The molecule has 3 aromatic rings. The van der Waals surface area contributed by atoms with Gasteiger partial charge in [0.1, 0.15) is 13.3 Å². The summed E-state index contributed by atoms with van der Waals surface area (Å²) in [5, 5.41) is 0.679. The number of nitrogens with zero attached hydrogens (tertiary/aromatic N) is 3. The van der Waals surface area contributed by atoms with Crippen molar-refractivity contribution in [3.05, 3.63) is 72.7 Å². The number of aromatic nitrogens is 1. The summed E-state index contributed by atoms with van der Waals surface area (Å²) in [4.78, 5) is 20.2. The van der Waals surface area contributed by atoms with Crippen LogP contribution in [-0.4, -0.2) is 25.5 Å². The molecule has 144 valence electrons. The molecular formula is C20H18ClN3O3S. The zero-order valence-corrected chi connectivity index (χ0v) is 17.0. The first-order valence-corrected chi connectivity index (χ1v) is 9.77. The maximum atomic E-state index is 12.9. The lowest BCUT2D eigenvalue weighted by Crippen LogP contribution is -2.42. The molecular weight excluding hydrogens is 398 g/mol. The van der Waals surface area contributed by atoms with Gasteiger partial charge in [-0.15, -0.1) is 0 Å². The number of halogens is 1. The van der Waals surface area contributed by atoms with Gasteiger partial charge in [-0.25, -0.2) is 4.99 Å². The Bertz CT molecular complexity index is 1180. The van der Waals surface area contributed by atoms with Crippen molar-refractivity contribution >= 4 is 34.7 Å². The minimum Gasteiger partial charge on any atom is -0.493 e. The largest absolute Gasteiger partial charge is 0.493 e. The smallest absolute Gasteiger partial charge is 0.271 e. The van der Waals surface area contributed by atoms with Crippen molar-refractivity contribution in [3.63, 3.8) is 0 Å². The Hall–Kier alpha value is -2.77. The summed E-state index contributed by atoms with van der Waals surface area (Å²) in [6, 6.07) is 13.1. The topological polar surface area (TPSA) is 56.1 Å². The number of rotatable bonds is 4. The highest BCUT2D eigenvalue weighted by Gasteiger charge is 2.16. The van der Waals surface area contributed by atoms with Gasteiger partial charge in [-0.05, 0) is 48.0 Å². The number of ether oxygens (including phenoxy) is 2. The predicted octanol–water partition coefficient (Wildman–Crippen LogP) is 2.46. The summed E-state index contributed by atoms with van der Waals surface area (Å²) < 4.78 is 12.9. The molecule has 0 saturated carbocycles. The third-order valence-corrected chi connectivity index (χ3v) is 5.77. The molecule has 1 aliphatic rings. The Balaban J connectivity index is 1.69. The Morgan fingerprint density at radius 3 is 2.57 bits per heavy atom. The van der Waals surface area contributed by atoms with Crippen LogP contribution in [0.3, 0.4) is 0 Å². The lowest BCUT2D eigenvalue weighted by Gasteiger charge is -2.25. The number of hydrogen-bond donors (Lipinski definition) is 0. The van der Waals surface area contributed by atoms with E-state index >= 15 is 0 Å². The summed E-state index contributed by atoms with van der Waals surface area (Å²) in [6.45, 7) is 0.951. The van der Waals surface area contributed by atoms with Crippen molar-refractivity contribution < 1.29 is 9.47 Å². The molecule has 1 aliphatic heterocycles. The molecule has 0 N–H and O–H groups in total. The molecule has 0 aliphatic carbocycles. The first kappa shape index (κ1) is 18.6. The SMILES string of the molecule is COc1ccc(/C=c2\sc3n(c2=O)CN(c2ccc(Cl)cc2)CN=3)cc1OC. The lowest BCUT2D eigenvalue weighted by atomic mass is 10.2. The third-order valence-electron chi connectivity index (χ3n) is 4.47. The number of anilines is 1. The molecule has 8 heteroatoms. The van der Waals surface area contributed by atoms with E-state index < -0.39 is 0 Å². The van der Waals surface area contributed by atoms with Gasteiger partial charge in [0, 0.05) is 10.7 Å². The van der Waals surface area contributed by atoms with Gasteiger partial charge in [0.25, 0.3) is 5.56 Å². The molecule has 0 bridgehead atoms. The second kappa shape index (κ2) is 7.69. The Morgan fingerprint density at radius 2 is 1.86 bits per heavy atom. The van der Waals surface area contributed by atoms with Crippen LogP contribution in [0.25, 0.3) is 6.08 Å². The quantitative estimate of drug-likeness (QED) is 0.657. The van der Waals surface area contributed by atoms with Crippen LogP contribution < -0.4 is 29.3 Å². The van der Waals surface area contributed by atoms with Gasteiger partial charge < -0.3 is 14.4 Å². The van der Waals surface area contributed by atoms with Crippen LogP contribution in [0.4, 0.5) is 5.69 Å². The standard InChI is InChI=1S/C20H18ClN3O3S/c1-26-16-8-3-13(9-17(16)27-2)10-18-19(25)24-12-23(11-22-20(24)28-18)15-6-4-14(21)5-7-15/h3-10H,11-12H2,1-2H3/b18-10-. The fraction of sp³-hybridized carbons (Fsp3) is 0.200. The average Bonchev–Trinajstić information content (AvgIpc) is 3.03. The fourth-order valence-electron chi connectivity index (χ4n) is 3.02. The zero-order valence-electron chi connectivity index (χ0n) is 15.4. The van der Waals surface area contributed by atoms with E-state index in [0.717, 1.165) is 16.1 Å². The van der Waals surface area contributed by atoms with Crippen LogP contribution in [0.1, 0.15) is 5.56 Å². The van der Waals surface area contributed by atoms with E-state index in [1.807, 2.05) is 53.4 Å². The predicted molar refractivity (Wildman–Crippen MR) is 111 cm³/mol. The molecule has 0 fully saturated rings. The molecule has 28 heavy (non-hydrogen) atoms. The van der Waals surface area contributed by atoms with Crippen LogP contribution in [0.2, 0.25) is 5.02 Å². The van der Waals surface area contributed by atoms with E-state index in [9.17, 15) is 4.79 Å². The highest BCUT2D eigenvalue weighted by Crippen LogP contribution is 2.27. The summed E-state index contributed by atoms with van der Waals surface area (Å²) in [7, 11) is 3.18. The molecule has 6 nitrogen and oxygen atoms in total. The van der Waals surface area contributed by atoms with Crippen molar-refractivity contribution in [2.45, 2.75) is 6.67 Å². The monoisotopic (exact) mass is 415 g/mol. The van der Waals surface area contributed by atoms with Crippen LogP contribution in [0.5, 0.6) is 11.5 Å². The highest BCUT2D eigenvalue weighted by molar-refractivity contribution is 7.07. The molecule has 4 rings (SSSR count). The molecule has 2 heterocycles. The number of fused-ring (bicyclic) bond motifs is 1.